The highest BCUT2D eigenvalue weighted by Gasteiger charge is 2.30. The molecule has 1 atom stereocenters. The van der Waals surface area contributed by atoms with Crippen LogP contribution in [-0.4, -0.2) is 30.0 Å². The highest BCUT2D eigenvalue weighted by molar-refractivity contribution is 7.13. The highest BCUT2D eigenvalue weighted by Crippen LogP contribution is 2.32. The second-order valence-corrected chi connectivity index (χ2v) is 8.63. The fourth-order valence-electron chi connectivity index (χ4n) is 2.99. The van der Waals surface area contributed by atoms with Crippen molar-refractivity contribution >= 4 is 28.3 Å². The number of ether oxygens (including phenoxy) is 2. The van der Waals surface area contributed by atoms with Crippen LogP contribution in [0.4, 0.5) is 5.13 Å². The molecule has 1 aliphatic rings. The molecule has 1 unspecified atom stereocenters. The van der Waals surface area contributed by atoms with Gasteiger partial charge in [0, 0.05) is 11.3 Å². The summed E-state index contributed by atoms with van der Waals surface area (Å²) in [6, 6.07) is 5.58. The Morgan fingerprint density at radius 2 is 1.87 bits per heavy atom. The van der Waals surface area contributed by atoms with E-state index in [9.17, 15) is 9.59 Å². The van der Waals surface area contributed by atoms with Crippen molar-refractivity contribution in [1.82, 2.24) is 10.3 Å². The van der Waals surface area contributed by atoms with E-state index in [0.717, 1.165) is 37.0 Å². The van der Waals surface area contributed by atoms with Gasteiger partial charge in [0.1, 0.15) is 0 Å². The summed E-state index contributed by atoms with van der Waals surface area (Å²) >= 11 is 1.34. The summed E-state index contributed by atoms with van der Waals surface area (Å²) in [5.41, 5.74) is 1.59. The molecule has 31 heavy (non-hydrogen) atoms. The van der Waals surface area contributed by atoms with Crippen molar-refractivity contribution in [3.8, 4) is 11.5 Å². The van der Waals surface area contributed by atoms with E-state index in [-0.39, 0.29) is 30.2 Å². The minimum Gasteiger partial charge on any atom is -0.490 e. The Morgan fingerprint density at radius 1 is 1.16 bits per heavy atom. The average Bonchev–Trinajstić information content (AvgIpc) is 3.52. The molecule has 8 heteroatoms. The van der Waals surface area contributed by atoms with Gasteiger partial charge in [-0.2, -0.15) is 0 Å². The molecule has 0 saturated heterocycles. The number of rotatable bonds is 12. The number of thiazole rings is 1. The van der Waals surface area contributed by atoms with Gasteiger partial charge in [-0.1, -0.05) is 19.9 Å². The minimum absolute atomic E-state index is 0.0198. The van der Waals surface area contributed by atoms with Crippen LogP contribution in [0.25, 0.3) is 0 Å². The summed E-state index contributed by atoms with van der Waals surface area (Å²) in [4.78, 5) is 28.7. The molecule has 1 heterocycles. The minimum atomic E-state index is -0.190. The van der Waals surface area contributed by atoms with Gasteiger partial charge in [-0.3, -0.25) is 9.59 Å². The maximum Gasteiger partial charge on any atom is 0.229 e. The van der Waals surface area contributed by atoms with Gasteiger partial charge in [-0.15, -0.1) is 11.3 Å². The summed E-state index contributed by atoms with van der Waals surface area (Å²) in [6.45, 7) is 7.29. The lowest BCUT2D eigenvalue weighted by Gasteiger charge is -2.18. The second-order valence-electron chi connectivity index (χ2n) is 7.78. The first-order valence-electron chi connectivity index (χ1n) is 10.9. The molecule has 0 aliphatic heterocycles. The summed E-state index contributed by atoms with van der Waals surface area (Å²) in [6.07, 6.45) is 3.88. The van der Waals surface area contributed by atoms with Crippen LogP contribution in [0.1, 0.15) is 63.8 Å². The fraction of sp³-hybridized carbons (Fsp3) is 0.522. The zero-order chi connectivity index (χ0) is 22.2. The molecule has 0 spiro atoms. The van der Waals surface area contributed by atoms with Crippen molar-refractivity contribution in [1.29, 1.82) is 0 Å². The Bertz CT molecular complexity index is 895. The van der Waals surface area contributed by atoms with Gasteiger partial charge >= 0.3 is 0 Å². The van der Waals surface area contributed by atoms with Crippen LogP contribution < -0.4 is 20.1 Å². The maximum atomic E-state index is 12.5. The number of nitrogens with one attached hydrogen (secondary N) is 2. The first-order valence-corrected chi connectivity index (χ1v) is 11.8. The van der Waals surface area contributed by atoms with E-state index in [1.165, 1.54) is 11.3 Å². The molecule has 0 radical (unpaired) electrons. The molecule has 2 amide bonds. The van der Waals surface area contributed by atoms with Gasteiger partial charge in [-0.05, 0) is 50.3 Å². The molecule has 3 rings (SSSR count). The SMILES string of the molecule is CCCOc1ccc(C(C)NC(=O)Cc2csc(NC(=O)C3CC3)n2)cc1OCCC. The van der Waals surface area contributed by atoms with Gasteiger partial charge in [0.2, 0.25) is 11.8 Å². The van der Waals surface area contributed by atoms with Gasteiger partial charge in [0.15, 0.2) is 16.6 Å². The summed E-state index contributed by atoms with van der Waals surface area (Å²) in [5.74, 6) is 1.44. The van der Waals surface area contributed by atoms with Crippen molar-refractivity contribution in [3.63, 3.8) is 0 Å². The monoisotopic (exact) mass is 445 g/mol. The van der Waals surface area contributed by atoms with Crippen molar-refractivity contribution in [2.75, 3.05) is 18.5 Å². The van der Waals surface area contributed by atoms with Crippen LogP contribution in [0.2, 0.25) is 0 Å². The predicted octanol–water partition coefficient (Wildman–Crippen LogP) is 4.49. The molecular weight excluding hydrogens is 414 g/mol. The van der Waals surface area contributed by atoms with Crippen LogP contribution in [0.15, 0.2) is 23.6 Å². The molecule has 1 saturated carbocycles. The first-order chi connectivity index (χ1) is 15.0. The summed E-state index contributed by atoms with van der Waals surface area (Å²) in [5, 5.41) is 8.19. The van der Waals surface area contributed by atoms with E-state index >= 15 is 0 Å². The number of nitrogens with zero attached hydrogens (tertiary/aromatic N) is 1. The second kappa shape index (κ2) is 11.1. The fourth-order valence-corrected chi connectivity index (χ4v) is 3.70. The van der Waals surface area contributed by atoms with Crippen molar-refractivity contribution in [2.45, 2.75) is 58.9 Å². The van der Waals surface area contributed by atoms with Gasteiger partial charge in [0.05, 0.1) is 31.4 Å². The van der Waals surface area contributed by atoms with Crippen molar-refractivity contribution < 1.29 is 19.1 Å². The number of hydrogen-bond acceptors (Lipinski definition) is 6. The number of amides is 2. The van der Waals surface area contributed by atoms with E-state index < -0.39 is 0 Å². The molecule has 7 nitrogen and oxygen atoms in total. The third-order valence-electron chi connectivity index (χ3n) is 4.84. The number of aromatic nitrogens is 1. The summed E-state index contributed by atoms with van der Waals surface area (Å²) < 4.78 is 11.6. The van der Waals surface area contributed by atoms with Crippen molar-refractivity contribution in [2.24, 2.45) is 5.92 Å². The molecule has 2 aromatic rings. The van der Waals surface area contributed by atoms with E-state index in [4.69, 9.17) is 9.47 Å². The van der Waals surface area contributed by atoms with E-state index in [1.54, 1.807) is 0 Å². The first kappa shape index (κ1) is 23.1. The van der Waals surface area contributed by atoms with Crippen molar-refractivity contribution in [3.05, 3.63) is 34.8 Å². The third kappa shape index (κ3) is 6.95. The largest absolute Gasteiger partial charge is 0.490 e. The molecular formula is C23H31N3O4S. The van der Waals surface area contributed by atoms with Crippen LogP contribution in [0.5, 0.6) is 11.5 Å². The molecule has 2 N–H and O–H groups in total. The molecule has 0 bridgehead atoms. The Kier molecular flexibility index (Phi) is 8.28. The quantitative estimate of drug-likeness (QED) is 0.502. The Labute approximate surface area is 187 Å². The average molecular weight is 446 g/mol. The van der Waals surface area contributed by atoms with Gasteiger partial charge in [0.25, 0.3) is 0 Å². The standard InChI is InChI=1S/C23H31N3O4S/c1-4-10-29-19-9-8-17(12-20(19)30-11-5-2)15(3)24-21(27)13-18-14-31-23(25-18)26-22(28)16-6-7-16/h8-9,12,14-16H,4-7,10-11,13H2,1-3H3,(H,24,27)(H,25,26,28). The Hall–Kier alpha value is -2.61. The topological polar surface area (TPSA) is 89.6 Å². The Morgan fingerprint density at radius 3 is 2.55 bits per heavy atom. The van der Waals surface area contributed by atoms with E-state index in [0.29, 0.717) is 29.8 Å². The lowest BCUT2D eigenvalue weighted by molar-refractivity contribution is -0.121. The molecule has 1 fully saturated rings. The normalized spacial score (nSPS) is 14.0. The van der Waals surface area contributed by atoms with Gasteiger partial charge in [-0.25, -0.2) is 4.98 Å². The highest BCUT2D eigenvalue weighted by atomic mass is 32.1. The Balaban J connectivity index is 1.57. The number of anilines is 1. The summed E-state index contributed by atoms with van der Waals surface area (Å²) in [7, 11) is 0. The number of carbonyl (C=O) groups is 2. The maximum absolute atomic E-state index is 12.5. The van der Waals surface area contributed by atoms with Gasteiger partial charge < -0.3 is 20.1 Å². The third-order valence-corrected chi connectivity index (χ3v) is 5.65. The molecule has 168 valence electrons. The zero-order valence-electron chi connectivity index (χ0n) is 18.4. The number of benzene rings is 1. The molecule has 1 aromatic carbocycles. The van der Waals surface area contributed by atoms with Crippen LogP contribution in [0.3, 0.4) is 0 Å². The molecule has 1 aromatic heterocycles. The lowest BCUT2D eigenvalue weighted by atomic mass is 10.1. The lowest BCUT2D eigenvalue weighted by Crippen LogP contribution is -2.28. The number of hydrogen-bond donors (Lipinski definition) is 2. The van der Waals surface area contributed by atoms with Crippen LogP contribution in [-0.2, 0) is 16.0 Å². The molecule has 1 aliphatic carbocycles. The van der Waals surface area contributed by atoms with E-state index in [1.807, 2.05) is 30.5 Å². The predicted molar refractivity (Wildman–Crippen MR) is 122 cm³/mol. The smallest absolute Gasteiger partial charge is 0.229 e. The van der Waals surface area contributed by atoms with Crippen LogP contribution >= 0.6 is 11.3 Å². The van der Waals surface area contributed by atoms with Crippen LogP contribution in [0, 0.1) is 5.92 Å². The van der Waals surface area contributed by atoms with E-state index in [2.05, 4.69) is 29.5 Å². The zero-order valence-corrected chi connectivity index (χ0v) is 19.2. The number of carbonyl (C=O) groups excluding carboxylic acids is 2.